The number of rotatable bonds is 4. The summed E-state index contributed by atoms with van der Waals surface area (Å²) in [5.41, 5.74) is 5.10. The van der Waals surface area contributed by atoms with Gasteiger partial charge in [0.1, 0.15) is 17.6 Å². The van der Waals surface area contributed by atoms with E-state index in [1.165, 1.54) is 6.07 Å². The maximum absolute atomic E-state index is 12.0. The Balaban J connectivity index is 2.08. The number of carbonyl (C=O) groups is 1. The normalized spacial score (nSPS) is 18.2. The number of nitro groups is 1. The highest BCUT2D eigenvalue weighted by Crippen LogP contribution is 2.25. The number of anilines is 1. The molecule has 0 aromatic carbocycles. The highest BCUT2D eigenvalue weighted by atomic mass is 32.2. The number of nitrogens with one attached hydrogen (secondary N) is 1. The highest BCUT2D eigenvalue weighted by Gasteiger charge is 2.23. The van der Waals surface area contributed by atoms with Crippen LogP contribution in [0.4, 0.5) is 11.5 Å². The summed E-state index contributed by atoms with van der Waals surface area (Å²) in [5, 5.41) is 13.9. The van der Waals surface area contributed by atoms with Gasteiger partial charge in [-0.3, -0.25) is 14.9 Å². The van der Waals surface area contributed by atoms with Crippen LogP contribution in [0.1, 0.15) is 23.2 Å². The largest absolute Gasteiger partial charge is 0.384 e. The van der Waals surface area contributed by atoms with Gasteiger partial charge in [-0.05, 0) is 24.7 Å². The minimum atomic E-state index is -0.633. The molecule has 102 valence electrons. The first-order chi connectivity index (χ1) is 9.08. The van der Waals surface area contributed by atoms with Gasteiger partial charge in [0.15, 0.2) is 0 Å². The van der Waals surface area contributed by atoms with Crippen molar-refractivity contribution in [2.24, 2.45) is 0 Å². The lowest BCUT2D eigenvalue weighted by atomic mass is 10.2. The summed E-state index contributed by atoms with van der Waals surface area (Å²) < 4.78 is 0. The van der Waals surface area contributed by atoms with E-state index in [0.29, 0.717) is 11.8 Å². The number of nitrogens with two attached hydrogens (primary N) is 1. The van der Waals surface area contributed by atoms with E-state index in [2.05, 4.69) is 10.3 Å². The van der Waals surface area contributed by atoms with Crippen LogP contribution in [0.5, 0.6) is 0 Å². The molecule has 2 rings (SSSR count). The van der Waals surface area contributed by atoms with Gasteiger partial charge in [-0.1, -0.05) is 0 Å². The molecule has 3 N–H and O–H groups in total. The summed E-state index contributed by atoms with van der Waals surface area (Å²) in [6, 6.07) is 1.23. The number of nitrogen functional groups attached to an aromatic ring is 1. The van der Waals surface area contributed by atoms with E-state index in [1.807, 2.05) is 11.8 Å². The fourth-order valence-electron chi connectivity index (χ4n) is 1.90. The Bertz CT molecular complexity index is 503. The number of nitrogens with zero attached hydrogens (tertiary/aromatic N) is 2. The van der Waals surface area contributed by atoms with Gasteiger partial charge >= 0.3 is 0 Å². The molecule has 1 aromatic heterocycles. The van der Waals surface area contributed by atoms with Crippen LogP contribution in [0.15, 0.2) is 12.3 Å². The van der Waals surface area contributed by atoms with Gasteiger partial charge in [-0.25, -0.2) is 4.98 Å². The summed E-state index contributed by atoms with van der Waals surface area (Å²) in [4.78, 5) is 25.8. The van der Waals surface area contributed by atoms with Crippen LogP contribution >= 0.6 is 11.8 Å². The maximum atomic E-state index is 12.0. The minimum absolute atomic E-state index is 0.0412. The summed E-state index contributed by atoms with van der Waals surface area (Å²) >= 11 is 1.81. The Morgan fingerprint density at radius 1 is 1.68 bits per heavy atom. The van der Waals surface area contributed by atoms with Gasteiger partial charge in [-0.2, -0.15) is 11.8 Å². The van der Waals surface area contributed by atoms with E-state index in [1.54, 1.807) is 0 Å². The molecule has 1 atom stereocenters. The zero-order valence-corrected chi connectivity index (χ0v) is 11.0. The monoisotopic (exact) mass is 282 g/mol. The Labute approximate surface area is 114 Å². The molecular weight excluding hydrogens is 268 g/mol. The maximum Gasteiger partial charge on any atom is 0.300 e. The molecule has 0 radical (unpaired) electrons. The van der Waals surface area contributed by atoms with Crippen LogP contribution < -0.4 is 11.1 Å². The van der Waals surface area contributed by atoms with Crippen molar-refractivity contribution in [1.29, 1.82) is 0 Å². The Morgan fingerprint density at radius 2 is 2.47 bits per heavy atom. The number of pyridine rings is 1. The smallest absolute Gasteiger partial charge is 0.300 e. The number of amides is 1. The molecule has 7 nitrogen and oxygen atoms in total. The summed E-state index contributed by atoms with van der Waals surface area (Å²) in [6.07, 6.45) is 3.22. The van der Waals surface area contributed by atoms with E-state index in [0.717, 1.165) is 24.8 Å². The number of thioether (sulfide) groups is 1. The molecule has 0 aliphatic carbocycles. The SMILES string of the molecule is Nc1cc(C(=O)NCC2CCCS2)c([N+](=O)[O-])cn1. The molecule has 1 aliphatic heterocycles. The topological polar surface area (TPSA) is 111 Å². The van der Waals surface area contributed by atoms with E-state index < -0.39 is 10.8 Å². The summed E-state index contributed by atoms with van der Waals surface area (Å²) in [5.74, 6) is 0.711. The zero-order chi connectivity index (χ0) is 13.8. The van der Waals surface area contributed by atoms with Crippen LogP contribution in [0.3, 0.4) is 0 Å². The van der Waals surface area contributed by atoms with Crippen molar-refractivity contribution >= 4 is 29.2 Å². The van der Waals surface area contributed by atoms with Crippen LogP contribution in [0, 0.1) is 10.1 Å². The lowest BCUT2D eigenvalue weighted by Crippen LogP contribution is -2.30. The molecule has 0 saturated carbocycles. The van der Waals surface area contributed by atoms with Crippen LogP contribution in [0.25, 0.3) is 0 Å². The third-order valence-electron chi connectivity index (χ3n) is 2.86. The number of carbonyl (C=O) groups excluding carboxylic acids is 1. The molecule has 1 amide bonds. The second kappa shape index (κ2) is 5.87. The fraction of sp³-hybridized carbons (Fsp3) is 0.455. The first kappa shape index (κ1) is 13.6. The second-order valence-corrected chi connectivity index (χ2v) is 5.64. The molecule has 0 bridgehead atoms. The molecule has 1 aromatic rings. The van der Waals surface area contributed by atoms with Gasteiger partial charge in [0.25, 0.3) is 11.6 Å². The van der Waals surface area contributed by atoms with E-state index in [9.17, 15) is 14.9 Å². The predicted octanol–water partition coefficient (Wildman–Crippen LogP) is 1.20. The highest BCUT2D eigenvalue weighted by molar-refractivity contribution is 8.00. The first-order valence-electron chi connectivity index (χ1n) is 5.87. The third kappa shape index (κ3) is 3.34. The number of hydrogen-bond donors (Lipinski definition) is 2. The first-order valence-corrected chi connectivity index (χ1v) is 6.92. The molecule has 19 heavy (non-hydrogen) atoms. The van der Waals surface area contributed by atoms with E-state index in [4.69, 9.17) is 5.73 Å². The van der Waals surface area contributed by atoms with E-state index in [-0.39, 0.29) is 17.1 Å². The zero-order valence-electron chi connectivity index (χ0n) is 10.2. The van der Waals surface area contributed by atoms with Crippen LogP contribution in [-0.4, -0.2) is 33.4 Å². The van der Waals surface area contributed by atoms with Gasteiger partial charge in [0, 0.05) is 11.8 Å². The van der Waals surface area contributed by atoms with Gasteiger partial charge in [0.05, 0.1) is 4.92 Å². The fourth-order valence-corrected chi connectivity index (χ4v) is 3.10. The lowest BCUT2D eigenvalue weighted by molar-refractivity contribution is -0.385. The van der Waals surface area contributed by atoms with Crippen molar-refractivity contribution in [1.82, 2.24) is 10.3 Å². The third-order valence-corrected chi connectivity index (χ3v) is 4.26. The van der Waals surface area contributed by atoms with Gasteiger partial charge in [0.2, 0.25) is 0 Å². The van der Waals surface area contributed by atoms with E-state index >= 15 is 0 Å². The standard InChI is InChI=1S/C11H14N4O3S/c12-10-4-8(9(6-13-10)15(17)18)11(16)14-5-7-2-1-3-19-7/h4,6-7H,1-3,5H2,(H2,12,13)(H,14,16). The Morgan fingerprint density at radius 3 is 3.11 bits per heavy atom. The van der Waals surface area contributed by atoms with Gasteiger partial charge in [-0.15, -0.1) is 0 Å². The molecule has 1 aliphatic rings. The predicted molar refractivity (Wildman–Crippen MR) is 73.1 cm³/mol. The molecular formula is C11H14N4O3S. The Kier molecular flexibility index (Phi) is 4.20. The quantitative estimate of drug-likeness (QED) is 0.634. The lowest BCUT2D eigenvalue weighted by Gasteiger charge is -2.10. The van der Waals surface area contributed by atoms with Crippen molar-refractivity contribution in [3.8, 4) is 0 Å². The van der Waals surface area contributed by atoms with Crippen LogP contribution in [-0.2, 0) is 0 Å². The molecule has 2 heterocycles. The summed E-state index contributed by atoms with van der Waals surface area (Å²) in [6.45, 7) is 0.517. The van der Waals surface area contributed by atoms with Crippen molar-refractivity contribution in [2.45, 2.75) is 18.1 Å². The van der Waals surface area contributed by atoms with Crippen molar-refractivity contribution in [3.63, 3.8) is 0 Å². The minimum Gasteiger partial charge on any atom is -0.384 e. The van der Waals surface area contributed by atoms with Crippen LogP contribution in [0.2, 0.25) is 0 Å². The van der Waals surface area contributed by atoms with Crippen molar-refractivity contribution < 1.29 is 9.72 Å². The van der Waals surface area contributed by atoms with Gasteiger partial charge < -0.3 is 11.1 Å². The summed E-state index contributed by atoms with van der Waals surface area (Å²) in [7, 11) is 0. The molecule has 8 heteroatoms. The molecule has 1 saturated heterocycles. The Hall–Kier alpha value is -1.83. The second-order valence-electron chi connectivity index (χ2n) is 4.23. The van der Waals surface area contributed by atoms with Crippen molar-refractivity contribution in [3.05, 3.63) is 27.9 Å². The van der Waals surface area contributed by atoms with Crippen molar-refractivity contribution in [2.75, 3.05) is 18.0 Å². The number of hydrogen-bond acceptors (Lipinski definition) is 6. The molecule has 0 spiro atoms. The molecule has 1 unspecified atom stereocenters. The molecule has 1 fully saturated rings. The number of aromatic nitrogens is 1. The average molecular weight is 282 g/mol. The average Bonchev–Trinajstić information content (AvgIpc) is 2.88.